The zero-order valence-electron chi connectivity index (χ0n) is 13.3. The SMILES string of the molecule is CC(=O)[C@H](C)OC(=O)c1ccc(CNC(=O)NC(C)C)cc1. The molecule has 120 valence electrons. The van der Waals surface area contributed by atoms with Crippen molar-refractivity contribution in [1.82, 2.24) is 10.6 Å². The van der Waals surface area contributed by atoms with Gasteiger partial charge in [0.15, 0.2) is 11.9 Å². The van der Waals surface area contributed by atoms with Crippen molar-refractivity contribution in [2.45, 2.75) is 46.4 Å². The summed E-state index contributed by atoms with van der Waals surface area (Å²) >= 11 is 0. The molecule has 0 unspecified atom stereocenters. The van der Waals surface area contributed by atoms with Crippen LogP contribution in [0.3, 0.4) is 0 Å². The van der Waals surface area contributed by atoms with Crippen LogP contribution in [0.15, 0.2) is 24.3 Å². The van der Waals surface area contributed by atoms with Crippen molar-refractivity contribution < 1.29 is 19.1 Å². The quantitative estimate of drug-likeness (QED) is 0.788. The highest BCUT2D eigenvalue weighted by molar-refractivity contribution is 5.92. The molecule has 1 atom stereocenters. The van der Waals surface area contributed by atoms with Crippen molar-refractivity contribution in [1.29, 1.82) is 0 Å². The molecule has 0 saturated carbocycles. The van der Waals surface area contributed by atoms with E-state index in [0.29, 0.717) is 12.1 Å². The number of carbonyl (C=O) groups is 3. The smallest absolute Gasteiger partial charge is 0.338 e. The van der Waals surface area contributed by atoms with Crippen LogP contribution in [0.2, 0.25) is 0 Å². The fourth-order valence-electron chi connectivity index (χ4n) is 1.57. The highest BCUT2D eigenvalue weighted by atomic mass is 16.5. The Kier molecular flexibility index (Phi) is 6.56. The lowest BCUT2D eigenvalue weighted by molar-refractivity contribution is -0.124. The maximum absolute atomic E-state index is 11.8. The first-order chi connectivity index (χ1) is 10.3. The summed E-state index contributed by atoms with van der Waals surface area (Å²) in [5.74, 6) is -0.745. The Balaban J connectivity index is 2.54. The highest BCUT2D eigenvalue weighted by Crippen LogP contribution is 2.08. The summed E-state index contributed by atoms with van der Waals surface area (Å²) in [7, 11) is 0. The molecule has 2 amide bonds. The molecule has 0 spiro atoms. The second-order valence-corrected chi connectivity index (χ2v) is 5.34. The molecule has 0 aliphatic rings. The number of hydrogen-bond donors (Lipinski definition) is 2. The van der Waals surface area contributed by atoms with Gasteiger partial charge in [-0.15, -0.1) is 0 Å². The molecule has 0 aromatic heterocycles. The predicted molar refractivity (Wildman–Crippen MR) is 82.5 cm³/mol. The molecule has 1 aromatic rings. The van der Waals surface area contributed by atoms with Crippen molar-refractivity contribution in [3.8, 4) is 0 Å². The first kappa shape index (κ1) is 17.7. The Morgan fingerprint density at radius 3 is 2.18 bits per heavy atom. The molecule has 0 radical (unpaired) electrons. The minimum absolute atomic E-state index is 0.0698. The van der Waals surface area contributed by atoms with Gasteiger partial charge in [-0.3, -0.25) is 4.79 Å². The molecule has 0 aliphatic carbocycles. The first-order valence-corrected chi connectivity index (χ1v) is 7.14. The lowest BCUT2D eigenvalue weighted by Crippen LogP contribution is -2.39. The number of amides is 2. The number of Topliss-reactive ketones (excluding diaryl/α,β-unsaturated/α-hetero) is 1. The van der Waals surface area contributed by atoms with Gasteiger partial charge in [-0.05, 0) is 45.4 Å². The number of hydrogen-bond acceptors (Lipinski definition) is 4. The zero-order chi connectivity index (χ0) is 16.7. The normalized spacial score (nSPS) is 11.7. The largest absolute Gasteiger partial charge is 0.451 e. The third-order valence-corrected chi connectivity index (χ3v) is 2.92. The Labute approximate surface area is 130 Å². The molecule has 0 heterocycles. The number of benzene rings is 1. The van der Waals surface area contributed by atoms with Crippen molar-refractivity contribution in [3.05, 3.63) is 35.4 Å². The number of ketones is 1. The van der Waals surface area contributed by atoms with E-state index >= 15 is 0 Å². The number of carbonyl (C=O) groups excluding carboxylic acids is 3. The maximum Gasteiger partial charge on any atom is 0.338 e. The van der Waals surface area contributed by atoms with Gasteiger partial charge in [0, 0.05) is 12.6 Å². The van der Waals surface area contributed by atoms with E-state index in [2.05, 4.69) is 10.6 Å². The van der Waals surface area contributed by atoms with Crippen LogP contribution in [0.4, 0.5) is 4.79 Å². The number of urea groups is 1. The second-order valence-electron chi connectivity index (χ2n) is 5.34. The standard InChI is InChI=1S/C16H22N2O4/c1-10(2)18-16(21)17-9-13-5-7-14(8-6-13)15(20)22-12(4)11(3)19/h5-8,10,12H,9H2,1-4H3,(H2,17,18,21)/t12-/m0/s1. The van der Waals surface area contributed by atoms with Gasteiger partial charge in [0.2, 0.25) is 0 Å². The molecule has 1 aromatic carbocycles. The Hall–Kier alpha value is -2.37. The summed E-state index contributed by atoms with van der Waals surface area (Å²) in [6, 6.07) is 6.49. The van der Waals surface area contributed by atoms with Gasteiger partial charge in [-0.1, -0.05) is 12.1 Å². The fraction of sp³-hybridized carbons (Fsp3) is 0.438. The van der Waals surface area contributed by atoms with Crippen LogP contribution in [0.5, 0.6) is 0 Å². The van der Waals surface area contributed by atoms with Crippen LogP contribution in [0.1, 0.15) is 43.6 Å². The predicted octanol–water partition coefficient (Wildman–Crippen LogP) is 2.03. The molecule has 0 saturated heterocycles. The molecule has 22 heavy (non-hydrogen) atoms. The third kappa shape index (κ3) is 5.95. The van der Waals surface area contributed by atoms with Crippen molar-refractivity contribution >= 4 is 17.8 Å². The van der Waals surface area contributed by atoms with Crippen molar-refractivity contribution in [2.75, 3.05) is 0 Å². The first-order valence-electron chi connectivity index (χ1n) is 7.14. The topological polar surface area (TPSA) is 84.5 Å². The van der Waals surface area contributed by atoms with Gasteiger partial charge in [0.1, 0.15) is 0 Å². The summed E-state index contributed by atoms with van der Waals surface area (Å²) in [5, 5.41) is 5.43. The van der Waals surface area contributed by atoms with Crippen LogP contribution in [0, 0.1) is 0 Å². The lowest BCUT2D eigenvalue weighted by atomic mass is 10.1. The fourth-order valence-corrected chi connectivity index (χ4v) is 1.57. The number of ether oxygens (including phenoxy) is 1. The summed E-state index contributed by atoms with van der Waals surface area (Å²) in [6.45, 7) is 7.02. The maximum atomic E-state index is 11.8. The van der Waals surface area contributed by atoms with Gasteiger partial charge in [-0.2, -0.15) is 0 Å². The molecule has 1 rings (SSSR count). The Morgan fingerprint density at radius 2 is 1.68 bits per heavy atom. The van der Waals surface area contributed by atoms with Gasteiger partial charge in [0.05, 0.1) is 5.56 Å². The van der Waals surface area contributed by atoms with Gasteiger partial charge < -0.3 is 15.4 Å². The molecular weight excluding hydrogens is 284 g/mol. The van der Waals surface area contributed by atoms with Crippen LogP contribution >= 0.6 is 0 Å². The molecule has 0 aliphatic heterocycles. The summed E-state index contributed by atoms with van der Waals surface area (Å²) < 4.78 is 5.01. The Morgan fingerprint density at radius 1 is 1.09 bits per heavy atom. The molecule has 0 fully saturated rings. The van der Waals surface area contributed by atoms with Crippen molar-refractivity contribution in [2.24, 2.45) is 0 Å². The van der Waals surface area contributed by atoms with E-state index in [0.717, 1.165) is 5.56 Å². The molecular formula is C16H22N2O4. The van der Waals surface area contributed by atoms with E-state index in [1.807, 2.05) is 13.8 Å². The van der Waals surface area contributed by atoms with Gasteiger partial charge >= 0.3 is 12.0 Å². The summed E-state index contributed by atoms with van der Waals surface area (Å²) in [6.07, 6.45) is -0.756. The summed E-state index contributed by atoms with van der Waals surface area (Å²) in [5.41, 5.74) is 1.22. The van der Waals surface area contributed by atoms with E-state index in [1.54, 1.807) is 24.3 Å². The minimum atomic E-state index is -0.756. The molecule has 0 bridgehead atoms. The molecule has 6 heteroatoms. The summed E-state index contributed by atoms with van der Waals surface area (Å²) in [4.78, 5) is 34.3. The third-order valence-electron chi connectivity index (χ3n) is 2.92. The van der Waals surface area contributed by atoms with Gasteiger partial charge in [-0.25, -0.2) is 9.59 Å². The lowest BCUT2D eigenvalue weighted by Gasteiger charge is -2.11. The number of esters is 1. The van der Waals surface area contributed by atoms with E-state index < -0.39 is 12.1 Å². The monoisotopic (exact) mass is 306 g/mol. The van der Waals surface area contributed by atoms with E-state index in [4.69, 9.17) is 4.74 Å². The minimum Gasteiger partial charge on any atom is -0.451 e. The zero-order valence-corrected chi connectivity index (χ0v) is 13.3. The van der Waals surface area contributed by atoms with E-state index in [1.165, 1.54) is 13.8 Å². The van der Waals surface area contributed by atoms with Crippen molar-refractivity contribution in [3.63, 3.8) is 0 Å². The number of rotatable bonds is 6. The van der Waals surface area contributed by atoms with Crippen LogP contribution < -0.4 is 10.6 Å². The van der Waals surface area contributed by atoms with E-state index in [9.17, 15) is 14.4 Å². The number of nitrogens with one attached hydrogen (secondary N) is 2. The van der Waals surface area contributed by atoms with Crippen LogP contribution in [0.25, 0.3) is 0 Å². The highest BCUT2D eigenvalue weighted by Gasteiger charge is 2.15. The van der Waals surface area contributed by atoms with E-state index in [-0.39, 0.29) is 17.9 Å². The van der Waals surface area contributed by atoms with Crippen LogP contribution in [-0.2, 0) is 16.1 Å². The average Bonchev–Trinajstić information content (AvgIpc) is 2.44. The second kappa shape index (κ2) is 8.17. The van der Waals surface area contributed by atoms with Gasteiger partial charge in [0.25, 0.3) is 0 Å². The Bertz CT molecular complexity index is 538. The van der Waals surface area contributed by atoms with Crippen LogP contribution in [-0.4, -0.2) is 29.9 Å². The molecule has 6 nitrogen and oxygen atoms in total. The molecule has 2 N–H and O–H groups in total. The average molecular weight is 306 g/mol.